The van der Waals surface area contributed by atoms with E-state index in [1.165, 1.54) is 24.3 Å². The quantitative estimate of drug-likeness (QED) is 0.559. The van der Waals surface area contributed by atoms with Crippen molar-refractivity contribution in [3.05, 3.63) is 59.7 Å². The van der Waals surface area contributed by atoms with Crippen molar-refractivity contribution in [1.82, 2.24) is 0 Å². The van der Waals surface area contributed by atoms with Gasteiger partial charge in [-0.25, -0.2) is 0 Å². The summed E-state index contributed by atoms with van der Waals surface area (Å²) in [7, 11) is 0. The highest BCUT2D eigenvalue weighted by Crippen LogP contribution is 2.33. The summed E-state index contributed by atoms with van der Waals surface area (Å²) in [6, 6.07) is 10.5. The van der Waals surface area contributed by atoms with E-state index in [0.29, 0.717) is 5.56 Å². The minimum Gasteiger partial charge on any atom is -0.457 e. The summed E-state index contributed by atoms with van der Waals surface area (Å²) in [6.45, 7) is 1.56. The highest BCUT2D eigenvalue weighted by Gasteiger charge is 2.31. The highest BCUT2D eigenvalue weighted by atomic mass is 19.4. The number of carbonyl (C=O) groups is 2. The Labute approximate surface area is 159 Å². The van der Waals surface area contributed by atoms with Gasteiger partial charge >= 0.3 is 18.1 Å². The molecular formula is C19H16BF3O5. The number of cyclic esters (lactones) is 2. The van der Waals surface area contributed by atoms with E-state index in [4.69, 9.17) is 14.2 Å². The topological polar surface area (TPSA) is 61.8 Å². The molecule has 1 heterocycles. The number of esters is 2. The Morgan fingerprint density at radius 3 is 2.14 bits per heavy atom. The molecule has 0 radical (unpaired) electrons. The largest absolute Gasteiger partial charge is 0.457 e. The van der Waals surface area contributed by atoms with E-state index in [2.05, 4.69) is 0 Å². The van der Waals surface area contributed by atoms with Gasteiger partial charge in [0.1, 0.15) is 11.5 Å². The molecule has 146 valence electrons. The first-order chi connectivity index (χ1) is 13.2. The second-order valence-electron chi connectivity index (χ2n) is 6.53. The van der Waals surface area contributed by atoms with Crippen molar-refractivity contribution in [3.63, 3.8) is 0 Å². The van der Waals surface area contributed by atoms with Gasteiger partial charge in [-0.1, -0.05) is 25.0 Å². The normalized spacial score (nSPS) is 16.1. The molecule has 0 saturated carbocycles. The molecule has 1 aliphatic rings. The van der Waals surface area contributed by atoms with E-state index in [9.17, 15) is 22.8 Å². The van der Waals surface area contributed by atoms with Crippen molar-refractivity contribution in [3.8, 4) is 11.5 Å². The van der Waals surface area contributed by atoms with Gasteiger partial charge in [-0.15, -0.1) is 0 Å². The van der Waals surface area contributed by atoms with Crippen LogP contribution < -0.4 is 4.74 Å². The molecule has 0 bridgehead atoms. The standard InChI is InChI=1S/C19H16BF3O5/c1-20-10-16(24)27-18(28-17(25)11-20)12-4-2-6-14(8-12)26-15-7-3-5-13(9-15)19(21,22)23/h2-9,18H,10-11H2,1H3. The van der Waals surface area contributed by atoms with Crippen molar-refractivity contribution in [2.45, 2.75) is 31.9 Å². The zero-order valence-electron chi connectivity index (χ0n) is 14.9. The fourth-order valence-corrected chi connectivity index (χ4v) is 2.73. The Balaban J connectivity index is 1.80. The average molecular weight is 392 g/mol. The van der Waals surface area contributed by atoms with Gasteiger partial charge in [0.2, 0.25) is 0 Å². The van der Waals surface area contributed by atoms with Gasteiger partial charge in [-0.05, 0) is 30.3 Å². The lowest BCUT2D eigenvalue weighted by Gasteiger charge is -2.22. The molecule has 0 aromatic heterocycles. The van der Waals surface area contributed by atoms with E-state index < -0.39 is 30.0 Å². The second-order valence-corrected chi connectivity index (χ2v) is 6.53. The minimum atomic E-state index is -4.49. The van der Waals surface area contributed by atoms with Crippen LogP contribution in [0.15, 0.2) is 48.5 Å². The van der Waals surface area contributed by atoms with Gasteiger partial charge in [0.25, 0.3) is 6.29 Å². The first kappa shape index (κ1) is 19.8. The second kappa shape index (κ2) is 7.96. The molecule has 0 amide bonds. The Kier molecular flexibility index (Phi) is 5.62. The zero-order chi connectivity index (χ0) is 20.3. The molecule has 1 aliphatic heterocycles. The summed E-state index contributed by atoms with van der Waals surface area (Å²) in [5.41, 5.74) is -0.501. The predicted octanol–water partition coefficient (Wildman–Crippen LogP) is 4.72. The van der Waals surface area contributed by atoms with E-state index in [1.807, 2.05) is 0 Å². The monoisotopic (exact) mass is 392 g/mol. The van der Waals surface area contributed by atoms with Crippen LogP contribution >= 0.6 is 0 Å². The number of hydrogen-bond donors (Lipinski definition) is 0. The molecule has 1 saturated heterocycles. The Morgan fingerprint density at radius 2 is 1.54 bits per heavy atom. The Bertz CT molecular complexity index is 864. The van der Waals surface area contributed by atoms with Gasteiger partial charge in [-0.3, -0.25) is 9.59 Å². The SMILES string of the molecule is CB1CC(=O)OC(c2cccc(Oc3cccc(C(F)(F)F)c3)c2)OC(=O)C1. The molecule has 0 unspecified atom stereocenters. The van der Waals surface area contributed by atoms with Crippen LogP contribution in [-0.4, -0.2) is 18.7 Å². The van der Waals surface area contributed by atoms with E-state index in [1.54, 1.807) is 19.0 Å². The van der Waals surface area contributed by atoms with Gasteiger partial charge < -0.3 is 14.2 Å². The van der Waals surface area contributed by atoms with Crippen LogP contribution in [0.25, 0.3) is 0 Å². The summed E-state index contributed by atoms with van der Waals surface area (Å²) in [5.74, 6) is -0.810. The molecular weight excluding hydrogens is 376 g/mol. The number of rotatable bonds is 3. The Hall–Kier alpha value is -2.97. The van der Waals surface area contributed by atoms with Crippen LogP contribution in [-0.2, 0) is 25.2 Å². The summed E-state index contributed by atoms with van der Waals surface area (Å²) in [4.78, 5) is 23.8. The molecule has 0 atom stereocenters. The lowest BCUT2D eigenvalue weighted by Crippen LogP contribution is -2.28. The van der Waals surface area contributed by atoms with Crippen LogP contribution in [0.5, 0.6) is 11.5 Å². The smallest absolute Gasteiger partial charge is 0.416 e. The molecule has 2 aromatic carbocycles. The van der Waals surface area contributed by atoms with Gasteiger partial charge in [-0.2, -0.15) is 13.2 Å². The number of alkyl halides is 3. The average Bonchev–Trinajstić information content (AvgIpc) is 2.59. The third kappa shape index (κ3) is 5.06. The molecule has 0 N–H and O–H groups in total. The van der Waals surface area contributed by atoms with Crippen LogP contribution in [0.3, 0.4) is 0 Å². The molecule has 0 aliphatic carbocycles. The molecule has 0 spiro atoms. The van der Waals surface area contributed by atoms with Crippen LogP contribution in [0.4, 0.5) is 13.2 Å². The number of hydrogen-bond acceptors (Lipinski definition) is 5. The molecule has 5 nitrogen and oxygen atoms in total. The lowest BCUT2D eigenvalue weighted by molar-refractivity contribution is -0.187. The molecule has 28 heavy (non-hydrogen) atoms. The summed E-state index contributed by atoms with van der Waals surface area (Å²) in [5, 5.41) is 0. The number of halogens is 3. The van der Waals surface area contributed by atoms with Gasteiger partial charge in [0.05, 0.1) is 5.56 Å². The summed E-state index contributed by atoms with van der Waals surface area (Å²) >= 11 is 0. The van der Waals surface area contributed by atoms with Gasteiger partial charge in [0, 0.05) is 18.2 Å². The van der Waals surface area contributed by atoms with Crippen molar-refractivity contribution >= 4 is 18.7 Å². The van der Waals surface area contributed by atoms with Crippen molar-refractivity contribution in [2.24, 2.45) is 0 Å². The Morgan fingerprint density at radius 1 is 0.964 bits per heavy atom. The molecule has 2 aromatic rings. The maximum atomic E-state index is 12.8. The fourth-order valence-electron chi connectivity index (χ4n) is 2.73. The van der Waals surface area contributed by atoms with Gasteiger partial charge in [0.15, 0.2) is 6.71 Å². The summed E-state index contributed by atoms with van der Waals surface area (Å²) < 4.78 is 54.4. The third-order valence-corrected chi connectivity index (χ3v) is 4.03. The maximum absolute atomic E-state index is 12.8. The molecule has 3 rings (SSSR count). The number of carbonyl (C=O) groups excluding carboxylic acids is 2. The fraction of sp³-hybridized carbons (Fsp3) is 0.263. The van der Waals surface area contributed by atoms with Crippen molar-refractivity contribution in [1.29, 1.82) is 0 Å². The van der Waals surface area contributed by atoms with Crippen molar-refractivity contribution < 1.29 is 37.0 Å². The molecule has 9 heteroatoms. The summed E-state index contributed by atoms with van der Waals surface area (Å²) in [6.07, 6.45) is -5.55. The first-order valence-corrected chi connectivity index (χ1v) is 8.55. The van der Waals surface area contributed by atoms with Crippen LogP contribution in [0, 0.1) is 0 Å². The maximum Gasteiger partial charge on any atom is 0.416 e. The third-order valence-electron chi connectivity index (χ3n) is 4.03. The number of ether oxygens (including phenoxy) is 3. The van der Waals surface area contributed by atoms with Crippen LogP contribution in [0.2, 0.25) is 19.5 Å². The van der Waals surface area contributed by atoms with Crippen molar-refractivity contribution in [2.75, 3.05) is 0 Å². The minimum absolute atomic E-state index is 0.00699. The highest BCUT2D eigenvalue weighted by molar-refractivity contribution is 6.64. The zero-order valence-corrected chi connectivity index (χ0v) is 14.9. The van der Waals surface area contributed by atoms with E-state index in [0.717, 1.165) is 12.1 Å². The number of benzene rings is 2. The van der Waals surface area contributed by atoms with E-state index >= 15 is 0 Å². The molecule has 1 fully saturated rings. The first-order valence-electron chi connectivity index (χ1n) is 8.55. The van der Waals surface area contributed by atoms with E-state index in [-0.39, 0.29) is 30.9 Å². The predicted molar refractivity (Wildman–Crippen MR) is 94.1 cm³/mol. The van der Waals surface area contributed by atoms with Crippen LogP contribution in [0.1, 0.15) is 17.4 Å². The lowest BCUT2D eigenvalue weighted by atomic mass is 9.47.